The fourth-order valence-electron chi connectivity index (χ4n) is 2.87. The minimum Gasteiger partial charge on any atom is -0.384 e. The Morgan fingerprint density at radius 3 is 2.86 bits per heavy atom. The van der Waals surface area contributed by atoms with E-state index in [1.165, 1.54) is 0 Å². The minimum absolute atomic E-state index is 0.0487. The number of aromatic nitrogens is 1. The zero-order valence-electron chi connectivity index (χ0n) is 12.4. The number of ether oxygens (including phenoxy) is 1. The molecule has 0 aliphatic carbocycles. The van der Waals surface area contributed by atoms with Crippen molar-refractivity contribution in [2.75, 3.05) is 24.6 Å². The first-order chi connectivity index (χ1) is 9.98. The summed E-state index contributed by atoms with van der Waals surface area (Å²) in [4.78, 5) is 6.67. The largest absolute Gasteiger partial charge is 0.384 e. The van der Waals surface area contributed by atoms with Crippen LogP contribution in [0.5, 0.6) is 0 Å². The molecule has 1 aliphatic heterocycles. The van der Waals surface area contributed by atoms with Crippen LogP contribution in [0.4, 0.5) is 5.69 Å². The number of pyridine rings is 1. The molecule has 21 heavy (non-hydrogen) atoms. The van der Waals surface area contributed by atoms with Crippen molar-refractivity contribution in [2.45, 2.75) is 19.4 Å². The van der Waals surface area contributed by atoms with Gasteiger partial charge in [0.1, 0.15) is 5.84 Å². The summed E-state index contributed by atoms with van der Waals surface area (Å²) in [7, 11) is 0. The number of nitrogens with two attached hydrogens (primary N) is 1. The van der Waals surface area contributed by atoms with E-state index in [9.17, 15) is 0 Å². The number of fused-ring (bicyclic) bond motifs is 1. The quantitative estimate of drug-likeness (QED) is 0.654. The summed E-state index contributed by atoms with van der Waals surface area (Å²) in [6, 6.07) is 7.97. The first kappa shape index (κ1) is 13.8. The predicted octanol–water partition coefficient (Wildman–Crippen LogP) is 2.13. The van der Waals surface area contributed by atoms with Gasteiger partial charge in [-0.05, 0) is 19.9 Å². The van der Waals surface area contributed by atoms with E-state index < -0.39 is 0 Å². The topological polar surface area (TPSA) is 75.2 Å². The number of nitrogens with zero attached hydrogens (tertiary/aromatic N) is 2. The molecular weight excluding hydrogens is 264 g/mol. The fraction of sp³-hybridized carbons (Fsp3) is 0.375. The number of nitrogen functional groups attached to an aromatic ring is 1. The zero-order chi connectivity index (χ0) is 15.0. The fourth-order valence-corrected chi connectivity index (χ4v) is 2.87. The highest BCUT2D eigenvalue weighted by molar-refractivity contribution is 6.07. The molecule has 110 valence electrons. The maximum absolute atomic E-state index is 7.85. The number of morpholine rings is 1. The molecule has 1 aromatic carbocycles. The lowest BCUT2D eigenvalue weighted by Gasteiger charge is -2.40. The smallest absolute Gasteiger partial charge is 0.126 e. The predicted molar refractivity (Wildman–Crippen MR) is 85.0 cm³/mol. The number of hydrogen-bond acceptors (Lipinski definition) is 4. The molecule has 5 nitrogen and oxygen atoms in total. The highest BCUT2D eigenvalue weighted by Crippen LogP contribution is 2.32. The first-order valence-electron chi connectivity index (χ1n) is 7.09. The van der Waals surface area contributed by atoms with Crippen LogP contribution in [-0.2, 0) is 4.74 Å². The maximum atomic E-state index is 7.85. The number of anilines is 1. The van der Waals surface area contributed by atoms with E-state index >= 15 is 0 Å². The Morgan fingerprint density at radius 2 is 2.14 bits per heavy atom. The molecule has 0 radical (unpaired) electrons. The molecule has 0 spiro atoms. The van der Waals surface area contributed by atoms with Crippen LogP contribution in [0.2, 0.25) is 0 Å². The molecular formula is C16H20N4O. The Morgan fingerprint density at radius 1 is 1.38 bits per heavy atom. The molecule has 0 saturated carbocycles. The molecule has 0 unspecified atom stereocenters. The SMILES string of the molecule is CC1(C)CN(c2c(C(=N)N)cnc3ccccc23)CCO1. The van der Waals surface area contributed by atoms with Crippen molar-refractivity contribution in [1.82, 2.24) is 4.98 Å². The van der Waals surface area contributed by atoms with Crippen molar-refractivity contribution < 1.29 is 4.74 Å². The summed E-state index contributed by atoms with van der Waals surface area (Å²) in [5, 5.41) is 8.88. The third-order valence-corrected chi connectivity index (χ3v) is 3.78. The molecule has 2 heterocycles. The summed E-state index contributed by atoms with van der Waals surface area (Å²) in [6.07, 6.45) is 1.70. The van der Waals surface area contributed by atoms with Crippen LogP contribution in [0, 0.1) is 5.41 Å². The second-order valence-corrected chi connectivity index (χ2v) is 5.98. The number of nitrogens with one attached hydrogen (secondary N) is 1. The van der Waals surface area contributed by atoms with Gasteiger partial charge < -0.3 is 15.4 Å². The van der Waals surface area contributed by atoms with Crippen LogP contribution >= 0.6 is 0 Å². The van der Waals surface area contributed by atoms with E-state index in [1.54, 1.807) is 6.20 Å². The van der Waals surface area contributed by atoms with E-state index in [0.717, 1.165) is 29.7 Å². The average Bonchev–Trinajstić information content (AvgIpc) is 2.44. The van der Waals surface area contributed by atoms with Gasteiger partial charge >= 0.3 is 0 Å². The van der Waals surface area contributed by atoms with Crippen LogP contribution in [0.15, 0.2) is 30.5 Å². The van der Waals surface area contributed by atoms with Gasteiger partial charge in [0.05, 0.1) is 29.0 Å². The zero-order valence-corrected chi connectivity index (χ0v) is 12.4. The molecule has 1 aliphatic rings. The molecule has 2 aromatic rings. The Bertz CT molecular complexity index is 696. The molecule has 1 fully saturated rings. The second-order valence-electron chi connectivity index (χ2n) is 5.98. The summed E-state index contributed by atoms with van der Waals surface area (Å²) in [5.74, 6) is 0.0487. The lowest BCUT2D eigenvalue weighted by molar-refractivity contribution is -0.0276. The normalized spacial score (nSPS) is 17.9. The van der Waals surface area contributed by atoms with Gasteiger partial charge in [-0.25, -0.2) is 0 Å². The van der Waals surface area contributed by atoms with Gasteiger partial charge in [0.2, 0.25) is 0 Å². The Hall–Kier alpha value is -2.14. The highest BCUT2D eigenvalue weighted by Gasteiger charge is 2.29. The molecule has 0 atom stereocenters. The third-order valence-electron chi connectivity index (χ3n) is 3.78. The van der Waals surface area contributed by atoms with Gasteiger partial charge in [0.25, 0.3) is 0 Å². The van der Waals surface area contributed by atoms with Crippen LogP contribution in [0.25, 0.3) is 10.9 Å². The van der Waals surface area contributed by atoms with Crippen molar-refractivity contribution in [2.24, 2.45) is 5.73 Å². The molecule has 3 N–H and O–H groups in total. The van der Waals surface area contributed by atoms with Gasteiger partial charge in [0, 0.05) is 24.7 Å². The van der Waals surface area contributed by atoms with E-state index in [-0.39, 0.29) is 11.4 Å². The number of benzene rings is 1. The van der Waals surface area contributed by atoms with Crippen molar-refractivity contribution in [1.29, 1.82) is 5.41 Å². The summed E-state index contributed by atoms with van der Waals surface area (Å²) in [6.45, 7) is 6.38. The van der Waals surface area contributed by atoms with Crippen LogP contribution in [0.3, 0.4) is 0 Å². The molecule has 3 rings (SSSR count). The number of rotatable bonds is 2. The van der Waals surface area contributed by atoms with Crippen molar-refractivity contribution in [3.05, 3.63) is 36.0 Å². The van der Waals surface area contributed by atoms with Gasteiger partial charge in [-0.1, -0.05) is 18.2 Å². The summed E-state index contributed by atoms with van der Waals surface area (Å²) < 4.78 is 5.79. The van der Waals surface area contributed by atoms with Crippen LogP contribution < -0.4 is 10.6 Å². The van der Waals surface area contributed by atoms with Gasteiger partial charge in [-0.3, -0.25) is 10.4 Å². The Kier molecular flexibility index (Phi) is 3.29. The van der Waals surface area contributed by atoms with Crippen LogP contribution in [0.1, 0.15) is 19.4 Å². The average molecular weight is 284 g/mol. The second kappa shape index (κ2) is 5.00. The van der Waals surface area contributed by atoms with Gasteiger partial charge in [0.15, 0.2) is 0 Å². The van der Waals surface area contributed by atoms with Crippen molar-refractivity contribution in [3.63, 3.8) is 0 Å². The molecule has 1 saturated heterocycles. The molecule has 1 aromatic heterocycles. The van der Waals surface area contributed by atoms with Crippen molar-refractivity contribution in [3.8, 4) is 0 Å². The number of hydrogen-bond donors (Lipinski definition) is 2. The number of para-hydroxylation sites is 1. The van der Waals surface area contributed by atoms with Gasteiger partial charge in [-0.15, -0.1) is 0 Å². The molecule has 5 heteroatoms. The van der Waals surface area contributed by atoms with Crippen LogP contribution in [-0.4, -0.2) is 36.1 Å². The standard InChI is InChI=1S/C16H20N4O/c1-16(2)10-20(7-8-21-16)14-11-5-3-4-6-13(11)19-9-12(14)15(17)18/h3-6,9H,7-8,10H2,1-2H3,(H3,17,18). The monoisotopic (exact) mass is 284 g/mol. The third kappa shape index (κ3) is 2.56. The first-order valence-corrected chi connectivity index (χ1v) is 7.09. The lowest BCUT2D eigenvalue weighted by Crippen LogP contribution is -2.49. The summed E-state index contributed by atoms with van der Waals surface area (Å²) in [5.41, 5.74) is 8.15. The Labute approximate surface area is 124 Å². The van der Waals surface area contributed by atoms with E-state index in [4.69, 9.17) is 15.9 Å². The maximum Gasteiger partial charge on any atom is 0.126 e. The molecule has 0 amide bonds. The van der Waals surface area contributed by atoms with Gasteiger partial charge in [-0.2, -0.15) is 0 Å². The van der Waals surface area contributed by atoms with E-state index in [0.29, 0.717) is 12.2 Å². The molecule has 0 bridgehead atoms. The summed E-state index contributed by atoms with van der Waals surface area (Å²) >= 11 is 0. The Balaban J connectivity index is 2.18. The lowest BCUT2D eigenvalue weighted by atomic mass is 10.0. The van der Waals surface area contributed by atoms with Crippen molar-refractivity contribution >= 4 is 22.4 Å². The van der Waals surface area contributed by atoms with E-state index in [2.05, 4.69) is 23.7 Å². The number of amidine groups is 1. The highest BCUT2D eigenvalue weighted by atomic mass is 16.5. The van der Waals surface area contributed by atoms with E-state index in [1.807, 2.05) is 24.3 Å². The minimum atomic E-state index is -0.212.